The topological polar surface area (TPSA) is 86.9 Å². The van der Waals surface area contributed by atoms with Gasteiger partial charge in [0.2, 0.25) is 0 Å². The van der Waals surface area contributed by atoms with Gasteiger partial charge < -0.3 is 10.3 Å². The maximum atomic E-state index is 11.5. The standard InChI is InChI=1S/C7H14N4O2S/c1-6-9-5-7(11-6)14(12,13)10-4-3-8-2/h5,8,10H,3-4H2,1-2H3,(H,9,11). The molecule has 6 nitrogen and oxygen atoms in total. The van der Waals surface area contributed by atoms with Crippen molar-refractivity contribution >= 4 is 10.0 Å². The molecule has 0 aliphatic carbocycles. The van der Waals surface area contributed by atoms with Crippen LogP contribution in [0.25, 0.3) is 0 Å². The summed E-state index contributed by atoms with van der Waals surface area (Å²) in [6.07, 6.45) is 1.30. The van der Waals surface area contributed by atoms with Crippen molar-refractivity contribution in [3.05, 3.63) is 12.0 Å². The van der Waals surface area contributed by atoms with Crippen molar-refractivity contribution in [2.24, 2.45) is 0 Å². The Morgan fingerprint density at radius 3 is 2.71 bits per heavy atom. The molecule has 80 valence electrons. The molecule has 3 N–H and O–H groups in total. The number of aryl methyl sites for hydroxylation is 1. The second-order valence-electron chi connectivity index (χ2n) is 2.83. The summed E-state index contributed by atoms with van der Waals surface area (Å²) in [5.41, 5.74) is 0. The number of sulfonamides is 1. The van der Waals surface area contributed by atoms with Crippen LogP contribution in [0, 0.1) is 6.92 Å². The Balaban J connectivity index is 2.66. The highest BCUT2D eigenvalue weighted by molar-refractivity contribution is 7.89. The normalized spacial score (nSPS) is 11.9. The fourth-order valence-electron chi connectivity index (χ4n) is 0.923. The summed E-state index contributed by atoms with van der Waals surface area (Å²) in [7, 11) is -1.66. The first-order valence-corrected chi connectivity index (χ1v) is 5.70. The maximum Gasteiger partial charge on any atom is 0.257 e. The molecule has 0 saturated carbocycles. The van der Waals surface area contributed by atoms with Gasteiger partial charge in [0.25, 0.3) is 10.0 Å². The fourth-order valence-corrected chi connectivity index (χ4v) is 1.92. The van der Waals surface area contributed by atoms with Gasteiger partial charge in [0.1, 0.15) is 5.82 Å². The van der Waals surface area contributed by atoms with Gasteiger partial charge in [-0.1, -0.05) is 0 Å². The zero-order valence-corrected chi connectivity index (χ0v) is 8.98. The average Bonchev–Trinajstić information content (AvgIpc) is 2.53. The molecular weight excluding hydrogens is 204 g/mol. The van der Waals surface area contributed by atoms with Crippen molar-refractivity contribution in [2.75, 3.05) is 20.1 Å². The van der Waals surface area contributed by atoms with Crippen LogP contribution in [0.5, 0.6) is 0 Å². The first-order chi connectivity index (χ1) is 6.56. The average molecular weight is 218 g/mol. The number of nitrogens with zero attached hydrogens (tertiary/aromatic N) is 1. The van der Waals surface area contributed by atoms with Crippen molar-refractivity contribution in [1.82, 2.24) is 20.0 Å². The molecule has 0 bridgehead atoms. The van der Waals surface area contributed by atoms with Crippen LogP contribution in [0.1, 0.15) is 5.82 Å². The van der Waals surface area contributed by atoms with Crippen LogP contribution in [0.2, 0.25) is 0 Å². The zero-order valence-electron chi connectivity index (χ0n) is 8.16. The van der Waals surface area contributed by atoms with Crippen molar-refractivity contribution in [2.45, 2.75) is 11.9 Å². The van der Waals surface area contributed by atoms with Gasteiger partial charge in [-0.15, -0.1) is 0 Å². The number of hydrogen-bond donors (Lipinski definition) is 3. The Morgan fingerprint density at radius 2 is 2.21 bits per heavy atom. The number of rotatable bonds is 5. The van der Waals surface area contributed by atoms with E-state index in [-0.39, 0.29) is 5.03 Å². The first-order valence-electron chi connectivity index (χ1n) is 4.22. The number of likely N-dealkylation sites (N-methyl/N-ethyl adjacent to an activating group) is 1. The lowest BCUT2D eigenvalue weighted by Crippen LogP contribution is -2.30. The van der Waals surface area contributed by atoms with Gasteiger partial charge >= 0.3 is 0 Å². The van der Waals surface area contributed by atoms with E-state index in [0.717, 1.165) is 0 Å². The first kappa shape index (κ1) is 11.2. The molecule has 7 heteroatoms. The van der Waals surface area contributed by atoms with Crippen LogP contribution in [-0.4, -0.2) is 38.5 Å². The number of aromatic amines is 1. The van der Waals surface area contributed by atoms with Crippen LogP contribution < -0.4 is 10.0 Å². The predicted octanol–water partition coefficient (Wildman–Crippen LogP) is -0.784. The van der Waals surface area contributed by atoms with Crippen LogP contribution >= 0.6 is 0 Å². The van der Waals surface area contributed by atoms with E-state index in [1.807, 2.05) is 0 Å². The monoisotopic (exact) mass is 218 g/mol. The summed E-state index contributed by atoms with van der Waals surface area (Å²) in [6.45, 7) is 2.65. The Kier molecular flexibility index (Phi) is 3.62. The number of nitrogens with one attached hydrogen (secondary N) is 3. The van der Waals surface area contributed by atoms with Crippen LogP contribution in [0.4, 0.5) is 0 Å². The van der Waals surface area contributed by atoms with Crippen LogP contribution in [0.3, 0.4) is 0 Å². The minimum atomic E-state index is -3.42. The number of H-pyrrole nitrogens is 1. The summed E-state index contributed by atoms with van der Waals surface area (Å²) < 4.78 is 25.4. The number of imidazole rings is 1. The third kappa shape index (κ3) is 2.79. The molecule has 14 heavy (non-hydrogen) atoms. The number of hydrogen-bond acceptors (Lipinski definition) is 4. The molecule has 1 aromatic rings. The highest BCUT2D eigenvalue weighted by Crippen LogP contribution is 2.03. The van der Waals surface area contributed by atoms with Crippen molar-refractivity contribution in [1.29, 1.82) is 0 Å². The molecule has 0 fully saturated rings. The maximum absolute atomic E-state index is 11.5. The minimum Gasteiger partial charge on any atom is -0.332 e. The molecular formula is C7H14N4O2S. The highest BCUT2D eigenvalue weighted by Gasteiger charge is 2.14. The molecule has 1 aromatic heterocycles. The van der Waals surface area contributed by atoms with Gasteiger partial charge in [0.15, 0.2) is 5.03 Å². The zero-order chi connectivity index (χ0) is 10.6. The van der Waals surface area contributed by atoms with Crippen LogP contribution in [0.15, 0.2) is 11.2 Å². The summed E-state index contributed by atoms with van der Waals surface area (Å²) in [5.74, 6) is 0.582. The Morgan fingerprint density at radius 1 is 1.50 bits per heavy atom. The Bertz CT molecular complexity index is 384. The lowest BCUT2D eigenvalue weighted by molar-refractivity contribution is 0.576. The third-order valence-corrected chi connectivity index (χ3v) is 3.01. The summed E-state index contributed by atoms with van der Waals surface area (Å²) in [5, 5.41) is 2.95. The third-order valence-electron chi connectivity index (χ3n) is 1.64. The molecule has 0 aliphatic rings. The van der Waals surface area contributed by atoms with E-state index >= 15 is 0 Å². The summed E-state index contributed by atoms with van der Waals surface area (Å²) >= 11 is 0. The van der Waals surface area contributed by atoms with E-state index < -0.39 is 10.0 Å². The molecule has 0 amide bonds. The van der Waals surface area contributed by atoms with E-state index in [1.54, 1.807) is 14.0 Å². The van der Waals surface area contributed by atoms with Crippen LogP contribution in [-0.2, 0) is 10.0 Å². The fraction of sp³-hybridized carbons (Fsp3) is 0.571. The van der Waals surface area contributed by atoms with Gasteiger partial charge in [-0.25, -0.2) is 18.1 Å². The lowest BCUT2D eigenvalue weighted by atomic mass is 10.7. The molecule has 1 heterocycles. The van der Waals surface area contributed by atoms with E-state index in [0.29, 0.717) is 18.9 Å². The molecule has 0 aliphatic heterocycles. The van der Waals surface area contributed by atoms with Gasteiger partial charge in [-0.3, -0.25) is 0 Å². The summed E-state index contributed by atoms with van der Waals surface area (Å²) in [4.78, 5) is 6.48. The van der Waals surface area contributed by atoms with Gasteiger partial charge in [0.05, 0.1) is 6.20 Å². The van der Waals surface area contributed by atoms with E-state index in [2.05, 4.69) is 20.0 Å². The highest BCUT2D eigenvalue weighted by atomic mass is 32.2. The smallest absolute Gasteiger partial charge is 0.257 e. The Hall–Kier alpha value is -0.920. The molecule has 0 aromatic carbocycles. The largest absolute Gasteiger partial charge is 0.332 e. The van der Waals surface area contributed by atoms with Crippen molar-refractivity contribution < 1.29 is 8.42 Å². The van der Waals surface area contributed by atoms with Gasteiger partial charge in [-0.05, 0) is 14.0 Å². The van der Waals surface area contributed by atoms with Crippen molar-refractivity contribution in [3.8, 4) is 0 Å². The second-order valence-corrected chi connectivity index (χ2v) is 4.57. The lowest BCUT2D eigenvalue weighted by Gasteiger charge is -2.03. The quantitative estimate of drug-likeness (QED) is 0.566. The molecule has 0 atom stereocenters. The second kappa shape index (κ2) is 4.54. The summed E-state index contributed by atoms with van der Waals surface area (Å²) in [6, 6.07) is 0. The van der Waals surface area contributed by atoms with Crippen molar-refractivity contribution in [3.63, 3.8) is 0 Å². The van der Waals surface area contributed by atoms with Gasteiger partial charge in [-0.2, -0.15) is 0 Å². The molecule has 1 rings (SSSR count). The van der Waals surface area contributed by atoms with E-state index in [1.165, 1.54) is 6.20 Å². The molecule has 0 spiro atoms. The molecule has 0 unspecified atom stereocenters. The SMILES string of the molecule is CNCCNS(=O)(=O)c1cnc(C)[nH]1. The Labute approximate surface area is 83.2 Å². The van der Waals surface area contributed by atoms with E-state index in [4.69, 9.17) is 0 Å². The van der Waals surface area contributed by atoms with E-state index in [9.17, 15) is 8.42 Å². The minimum absolute atomic E-state index is 0.103. The van der Waals surface area contributed by atoms with Gasteiger partial charge in [0, 0.05) is 13.1 Å². The molecule has 0 radical (unpaired) electrons. The molecule has 0 saturated heterocycles. The number of aromatic nitrogens is 2. The predicted molar refractivity (Wildman–Crippen MR) is 52.4 cm³/mol.